The highest BCUT2D eigenvalue weighted by molar-refractivity contribution is 5.88. The van der Waals surface area contributed by atoms with Gasteiger partial charge in [0.1, 0.15) is 5.75 Å². The highest BCUT2D eigenvalue weighted by Gasteiger charge is 2.27. The summed E-state index contributed by atoms with van der Waals surface area (Å²) in [5.74, 6) is 0.117. The van der Waals surface area contributed by atoms with Gasteiger partial charge in [0.05, 0.1) is 12.5 Å². The van der Waals surface area contributed by atoms with Crippen LogP contribution in [0.25, 0.3) is 10.8 Å². The van der Waals surface area contributed by atoms with Crippen LogP contribution in [-0.2, 0) is 9.59 Å². The average Bonchev–Trinajstić information content (AvgIpc) is 2.80. The maximum Gasteiger partial charge on any atom is 0.267 e. The molecule has 1 heterocycles. The van der Waals surface area contributed by atoms with Gasteiger partial charge in [-0.05, 0) is 37.8 Å². The molecule has 2 aromatic rings. The first-order valence-corrected chi connectivity index (χ1v) is 10.8. The lowest BCUT2D eigenvalue weighted by Gasteiger charge is -2.34. The molecule has 2 N–H and O–H groups in total. The fourth-order valence-corrected chi connectivity index (χ4v) is 3.78. The third-order valence-electron chi connectivity index (χ3n) is 5.66. The Hall–Kier alpha value is -2.90. The number of piperazine rings is 1. The molecular formula is C24H31N3O4. The van der Waals surface area contributed by atoms with Crippen LogP contribution >= 0.6 is 0 Å². The Labute approximate surface area is 183 Å². The van der Waals surface area contributed by atoms with Gasteiger partial charge in [0.15, 0.2) is 0 Å². The van der Waals surface area contributed by atoms with E-state index in [-0.39, 0.29) is 11.8 Å². The second-order valence-electron chi connectivity index (χ2n) is 7.92. The summed E-state index contributed by atoms with van der Waals surface area (Å²) in [4.78, 5) is 28.5. The molecule has 2 amide bonds. The minimum atomic E-state index is -0.552. The van der Waals surface area contributed by atoms with E-state index < -0.39 is 5.91 Å². The molecule has 31 heavy (non-hydrogen) atoms. The van der Waals surface area contributed by atoms with Gasteiger partial charge in [0, 0.05) is 37.6 Å². The molecule has 7 heteroatoms. The molecule has 2 aromatic carbocycles. The molecule has 1 atom stereocenters. The number of hydrogen-bond donors (Lipinski definition) is 2. The number of carbonyl (C=O) groups excluding carboxylic acids is 2. The number of benzene rings is 2. The van der Waals surface area contributed by atoms with E-state index in [1.165, 1.54) is 6.08 Å². The lowest BCUT2D eigenvalue weighted by atomic mass is 10.00. The van der Waals surface area contributed by atoms with Gasteiger partial charge in [0.2, 0.25) is 5.91 Å². The fourth-order valence-electron chi connectivity index (χ4n) is 3.78. The molecule has 0 spiro atoms. The smallest absolute Gasteiger partial charge is 0.267 e. The standard InChI is InChI=1S/C24H31N3O4/c1-26-14-16-27(17-15-26)24(29)20(9-3-2-4-13-23(28)25-30)18-31-22-12-7-10-19-8-5-6-11-21(19)22/h4-8,10-13,20,30H,2-3,9,14-18H2,1H3,(H,25,28)/b13-4+. The second-order valence-corrected chi connectivity index (χ2v) is 7.92. The van der Waals surface area contributed by atoms with E-state index in [0.29, 0.717) is 19.4 Å². The molecule has 1 saturated heterocycles. The molecule has 0 aromatic heterocycles. The monoisotopic (exact) mass is 425 g/mol. The van der Waals surface area contributed by atoms with Crippen LogP contribution < -0.4 is 10.2 Å². The second kappa shape index (κ2) is 11.5. The number of amides is 2. The van der Waals surface area contributed by atoms with Crippen molar-refractivity contribution in [3.8, 4) is 5.75 Å². The summed E-state index contributed by atoms with van der Waals surface area (Å²) < 4.78 is 6.15. The molecule has 7 nitrogen and oxygen atoms in total. The van der Waals surface area contributed by atoms with Gasteiger partial charge < -0.3 is 14.5 Å². The highest BCUT2D eigenvalue weighted by atomic mass is 16.5. The number of carbonyl (C=O) groups is 2. The number of nitrogens with zero attached hydrogens (tertiary/aromatic N) is 2. The average molecular weight is 426 g/mol. The van der Waals surface area contributed by atoms with E-state index in [9.17, 15) is 9.59 Å². The number of nitrogens with one attached hydrogen (secondary N) is 1. The van der Waals surface area contributed by atoms with Crippen LogP contribution in [0.5, 0.6) is 5.75 Å². The van der Waals surface area contributed by atoms with Gasteiger partial charge in [-0.25, -0.2) is 5.48 Å². The lowest BCUT2D eigenvalue weighted by molar-refractivity contribution is -0.138. The Morgan fingerprint density at radius 3 is 2.65 bits per heavy atom. The minimum Gasteiger partial charge on any atom is -0.492 e. The van der Waals surface area contributed by atoms with Crippen LogP contribution in [0, 0.1) is 5.92 Å². The number of hydrogen-bond acceptors (Lipinski definition) is 5. The topological polar surface area (TPSA) is 82.1 Å². The Bertz CT molecular complexity index is 901. The maximum absolute atomic E-state index is 13.2. The number of hydroxylamine groups is 1. The third-order valence-corrected chi connectivity index (χ3v) is 5.66. The van der Waals surface area contributed by atoms with E-state index in [4.69, 9.17) is 9.94 Å². The molecule has 1 aliphatic heterocycles. The van der Waals surface area contributed by atoms with Gasteiger partial charge in [-0.15, -0.1) is 0 Å². The zero-order valence-corrected chi connectivity index (χ0v) is 18.0. The van der Waals surface area contributed by atoms with Gasteiger partial charge in [-0.2, -0.15) is 0 Å². The predicted molar refractivity (Wildman–Crippen MR) is 120 cm³/mol. The summed E-state index contributed by atoms with van der Waals surface area (Å²) >= 11 is 0. The van der Waals surface area contributed by atoms with Crippen molar-refractivity contribution in [2.24, 2.45) is 5.92 Å². The van der Waals surface area contributed by atoms with E-state index in [1.54, 1.807) is 11.6 Å². The van der Waals surface area contributed by atoms with Crippen molar-refractivity contribution in [2.45, 2.75) is 19.3 Å². The van der Waals surface area contributed by atoms with Crippen LogP contribution in [0.2, 0.25) is 0 Å². The molecular weight excluding hydrogens is 394 g/mol. The highest BCUT2D eigenvalue weighted by Crippen LogP contribution is 2.26. The van der Waals surface area contributed by atoms with Crippen molar-refractivity contribution in [3.63, 3.8) is 0 Å². The van der Waals surface area contributed by atoms with Crippen LogP contribution in [0.4, 0.5) is 0 Å². The van der Waals surface area contributed by atoms with Crippen molar-refractivity contribution in [1.29, 1.82) is 0 Å². The molecule has 1 unspecified atom stereocenters. The summed E-state index contributed by atoms with van der Waals surface area (Å²) in [5.41, 5.74) is 1.57. The van der Waals surface area contributed by atoms with Crippen LogP contribution in [0.3, 0.4) is 0 Å². The molecule has 166 valence electrons. The van der Waals surface area contributed by atoms with Crippen LogP contribution in [0.1, 0.15) is 19.3 Å². The largest absolute Gasteiger partial charge is 0.492 e. The van der Waals surface area contributed by atoms with Crippen molar-refractivity contribution < 1.29 is 19.5 Å². The number of allylic oxidation sites excluding steroid dienone is 1. The summed E-state index contributed by atoms with van der Waals surface area (Å²) in [5, 5.41) is 10.7. The van der Waals surface area contributed by atoms with E-state index in [1.807, 2.05) is 47.4 Å². The van der Waals surface area contributed by atoms with Gasteiger partial charge in [-0.3, -0.25) is 14.8 Å². The Morgan fingerprint density at radius 2 is 1.87 bits per heavy atom. The molecule has 1 fully saturated rings. The first-order valence-electron chi connectivity index (χ1n) is 10.8. The van der Waals surface area contributed by atoms with Crippen LogP contribution in [0.15, 0.2) is 54.6 Å². The van der Waals surface area contributed by atoms with E-state index in [0.717, 1.165) is 49.1 Å². The first-order chi connectivity index (χ1) is 15.1. The Kier molecular flexibility index (Phi) is 8.44. The normalized spacial score (nSPS) is 15.9. The van der Waals surface area contributed by atoms with E-state index in [2.05, 4.69) is 11.9 Å². The van der Waals surface area contributed by atoms with Gasteiger partial charge in [-0.1, -0.05) is 42.5 Å². The zero-order valence-electron chi connectivity index (χ0n) is 18.0. The molecule has 0 bridgehead atoms. The quantitative estimate of drug-likeness (QED) is 0.279. The first kappa shape index (κ1) is 22.8. The van der Waals surface area contributed by atoms with E-state index >= 15 is 0 Å². The Morgan fingerprint density at radius 1 is 1.13 bits per heavy atom. The SMILES string of the molecule is CN1CCN(C(=O)C(CCC/C=C/C(=O)NO)COc2cccc3ccccc23)CC1. The van der Waals surface area contributed by atoms with Crippen LogP contribution in [-0.4, -0.2) is 66.7 Å². The summed E-state index contributed by atoms with van der Waals surface area (Å²) in [7, 11) is 2.07. The fraction of sp³-hybridized carbons (Fsp3) is 0.417. The number of ether oxygens (including phenoxy) is 1. The minimum absolute atomic E-state index is 0.130. The number of unbranched alkanes of at least 4 members (excludes halogenated alkanes) is 1. The van der Waals surface area contributed by atoms with Crippen molar-refractivity contribution in [3.05, 3.63) is 54.6 Å². The molecule has 0 saturated carbocycles. The molecule has 1 aliphatic rings. The summed E-state index contributed by atoms with van der Waals surface area (Å²) in [6.45, 7) is 3.54. The molecule has 0 radical (unpaired) electrons. The summed E-state index contributed by atoms with van der Waals surface area (Å²) in [6.07, 6.45) is 5.06. The van der Waals surface area contributed by atoms with Gasteiger partial charge in [0.25, 0.3) is 5.91 Å². The Balaban J connectivity index is 1.65. The molecule has 0 aliphatic carbocycles. The molecule has 3 rings (SSSR count). The third kappa shape index (κ3) is 6.54. The maximum atomic E-state index is 13.2. The zero-order chi connectivity index (χ0) is 22.1. The predicted octanol–water partition coefficient (Wildman–Crippen LogP) is 2.84. The lowest BCUT2D eigenvalue weighted by Crippen LogP contribution is -2.49. The number of rotatable bonds is 9. The van der Waals surface area contributed by atoms with Crippen molar-refractivity contribution in [1.82, 2.24) is 15.3 Å². The summed E-state index contributed by atoms with van der Waals surface area (Å²) in [6, 6.07) is 14.0. The van der Waals surface area contributed by atoms with Crippen molar-refractivity contribution in [2.75, 3.05) is 39.8 Å². The number of likely N-dealkylation sites (N-methyl/N-ethyl adjacent to an activating group) is 1. The van der Waals surface area contributed by atoms with Gasteiger partial charge >= 0.3 is 0 Å². The number of fused-ring (bicyclic) bond motifs is 1. The van der Waals surface area contributed by atoms with Crippen molar-refractivity contribution >= 4 is 22.6 Å².